The Labute approximate surface area is 134 Å². The third-order valence-electron chi connectivity index (χ3n) is 3.82. The fourth-order valence-corrected chi connectivity index (χ4v) is 2.96. The van der Waals surface area contributed by atoms with Gasteiger partial charge in [0.2, 0.25) is 0 Å². The zero-order valence-electron chi connectivity index (χ0n) is 13.1. The topological polar surface area (TPSA) is 55.6 Å². The molecule has 1 aromatic rings. The zero-order chi connectivity index (χ0) is 15.8. The maximum atomic E-state index is 12.2. The van der Waals surface area contributed by atoms with Crippen LogP contribution in [0.3, 0.4) is 0 Å². The molecule has 0 bridgehead atoms. The summed E-state index contributed by atoms with van der Waals surface area (Å²) in [6.45, 7) is 9.22. The van der Waals surface area contributed by atoms with Crippen LogP contribution in [-0.2, 0) is 10.2 Å². The molecule has 1 heterocycles. The van der Waals surface area contributed by atoms with Gasteiger partial charge in [-0.3, -0.25) is 0 Å². The van der Waals surface area contributed by atoms with E-state index in [1.807, 2.05) is 39.0 Å². The molecule has 1 atom stereocenters. The van der Waals surface area contributed by atoms with Crippen molar-refractivity contribution in [1.29, 1.82) is 0 Å². The monoisotopic (exact) mass is 354 g/mol. The number of nitrogens with zero attached hydrogens (tertiary/aromatic N) is 1. The Hall–Kier alpha value is -1.23. The lowest BCUT2D eigenvalue weighted by Gasteiger charge is -2.27. The molecule has 0 spiro atoms. The summed E-state index contributed by atoms with van der Waals surface area (Å²) in [5.74, 6) is 0. The number of nitrogens with two attached hydrogens (primary N) is 1. The summed E-state index contributed by atoms with van der Waals surface area (Å²) in [5, 5.41) is 0. The van der Waals surface area contributed by atoms with Gasteiger partial charge in [0.05, 0.1) is 0 Å². The molecule has 5 heteroatoms. The quantitative estimate of drug-likeness (QED) is 0.777. The van der Waals surface area contributed by atoms with Gasteiger partial charge in [-0.05, 0) is 60.8 Å². The Morgan fingerprint density at radius 3 is 2.67 bits per heavy atom. The van der Waals surface area contributed by atoms with E-state index >= 15 is 0 Å². The first kappa shape index (κ1) is 16.1. The number of rotatable bonds is 1. The van der Waals surface area contributed by atoms with Crippen molar-refractivity contribution >= 4 is 27.7 Å². The van der Waals surface area contributed by atoms with Crippen LogP contribution in [0.2, 0.25) is 0 Å². The second-order valence-electron chi connectivity index (χ2n) is 6.95. The Morgan fingerprint density at radius 2 is 2.10 bits per heavy atom. The molecule has 1 fully saturated rings. The van der Waals surface area contributed by atoms with E-state index in [2.05, 4.69) is 22.9 Å². The Bertz CT molecular complexity index is 554. The lowest BCUT2D eigenvalue weighted by Crippen LogP contribution is -2.37. The second-order valence-corrected chi connectivity index (χ2v) is 7.80. The van der Waals surface area contributed by atoms with E-state index in [0.717, 1.165) is 16.6 Å². The number of nitrogen functional groups attached to an aromatic ring is 1. The summed E-state index contributed by atoms with van der Waals surface area (Å²) in [6.07, 6.45) is 0.684. The highest BCUT2D eigenvalue weighted by atomic mass is 79.9. The molecule has 21 heavy (non-hydrogen) atoms. The van der Waals surface area contributed by atoms with Gasteiger partial charge in [0.15, 0.2) is 0 Å². The molecule has 4 nitrogen and oxygen atoms in total. The predicted molar refractivity (Wildman–Crippen MR) is 88.3 cm³/mol. The molecule has 1 aliphatic rings. The maximum Gasteiger partial charge on any atom is 0.410 e. The third-order valence-corrected chi connectivity index (χ3v) is 4.51. The number of carbonyl (C=O) groups excluding carboxylic acids is 1. The predicted octanol–water partition coefficient (Wildman–Crippen LogP) is 3.93. The normalized spacial score (nSPS) is 22.4. The summed E-state index contributed by atoms with van der Waals surface area (Å²) < 4.78 is 6.35. The largest absolute Gasteiger partial charge is 0.444 e. The number of hydrogen-bond donors (Lipinski definition) is 1. The molecule has 1 unspecified atom stereocenters. The van der Waals surface area contributed by atoms with Crippen LogP contribution in [0.1, 0.15) is 39.7 Å². The van der Waals surface area contributed by atoms with Crippen LogP contribution in [0.15, 0.2) is 22.7 Å². The van der Waals surface area contributed by atoms with Crippen LogP contribution in [-0.4, -0.2) is 29.7 Å². The highest BCUT2D eigenvalue weighted by Crippen LogP contribution is 2.37. The van der Waals surface area contributed by atoms with E-state index in [0.29, 0.717) is 13.1 Å². The van der Waals surface area contributed by atoms with Gasteiger partial charge in [0, 0.05) is 28.7 Å². The van der Waals surface area contributed by atoms with Crippen molar-refractivity contribution in [2.24, 2.45) is 0 Å². The van der Waals surface area contributed by atoms with Gasteiger partial charge in [0.25, 0.3) is 0 Å². The molecular weight excluding hydrogens is 332 g/mol. The summed E-state index contributed by atoms with van der Waals surface area (Å²) in [6, 6.07) is 5.99. The van der Waals surface area contributed by atoms with Crippen molar-refractivity contribution in [1.82, 2.24) is 4.90 Å². The van der Waals surface area contributed by atoms with Crippen molar-refractivity contribution in [3.63, 3.8) is 0 Å². The molecular formula is C16H23BrN2O2. The lowest BCUT2D eigenvalue weighted by molar-refractivity contribution is 0.0285. The average molecular weight is 355 g/mol. The van der Waals surface area contributed by atoms with Gasteiger partial charge in [-0.25, -0.2) is 4.79 Å². The summed E-state index contributed by atoms with van der Waals surface area (Å²) in [5.41, 5.74) is 7.24. The molecule has 0 aliphatic carbocycles. The smallest absolute Gasteiger partial charge is 0.410 e. The van der Waals surface area contributed by atoms with Gasteiger partial charge < -0.3 is 15.4 Å². The van der Waals surface area contributed by atoms with E-state index in [9.17, 15) is 4.79 Å². The van der Waals surface area contributed by atoms with Crippen molar-refractivity contribution in [3.05, 3.63) is 28.2 Å². The van der Waals surface area contributed by atoms with E-state index in [1.54, 1.807) is 4.90 Å². The number of hydrogen-bond acceptors (Lipinski definition) is 3. The molecule has 1 saturated heterocycles. The van der Waals surface area contributed by atoms with Crippen LogP contribution in [0.5, 0.6) is 0 Å². The van der Waals surface area contributed by atoms with Crippen LogP contribution in [0, 0.1) is 0 Å². The molecule has 1 aliphatic heterocycles. The van der Waals surface area contributed by atoms with Crippen LogP contribution < -0.4 is 5.73 Å². The number of ether oxygens (including phenoxy) is 1. The zero-order valence-corrected chi connectivity index (χ0v) is 14.7. The standard InChI is InChI=1S/C16H23BrN2O2/c1-15(2,3)21-14(20)19-8-7-16(4,10-19)11-5-6-13(18)12(17)9-11/h5-6,9H,7-8,10,18H2,1-4H3. The van der Waals surface area contributed by atoms with Gasteiger partial charge in [-0.15, -0.1) is 0 Å². The first-order valence-corrected chi connectivity index (χ1v) is 7.93. The van der Waals surface area contributed by atoms with E-state index < -0.39 is 5.60 Å². The molecule has 0 radical (unpaired) electrons. The minimum absolute atomic E-state index is 0.0624. The number of halogens is 1. The Balaban J connectivity index is 2.13. The van der Waals surface area contributed by atoms with Crippen molar-refractivity contribution in [2.45, 2.75) is 45.1 Å². The highest BCUT2D eigenvalue weighted by Gasteiger charge is 2.39. The highest BCUT2D eigenvalue weighted by molar-refractivity contribution is 9.10. The Kier molecular flexibility index (Phi) is 4.24. The minimum atomic E-state index is -0.458. The van der Waals surface area contributed by atoms with Gasteiger partial charge in [0.1, 0.15) is 5.60 Å². The fourth-order valence-electron chi connectivity index (χ4n) is 2.58. The fraction of sp³-hybridized carbons (Fsp3) is 0.562. The molecule has 2 rings (SSSR count). The molecule has 0 aromatic heterocycles. The van der Waals surface area contributed by atoms with E-state index in [1.165, 1.54) is 5.56 Å². The van der Waals surface area contributed by atoms with Crippen LogP contribution in [0.25, 0.3) is 0 Å². The van der Waals surface area contributed by atoms with Crippen LogP contribution >= 0.6 is 15.9 Å². The molecule has 116 valence electrons. The van der Waals surface area contributed by atoms with E-state index in [-0.39, 0.29) is 11.5 Å². The van der Waals surface area contributed by atoms with Crippen molar-refractivity contribution in [3.8, 4) is 0 Å². The average Bonchev–Trinajstić information content (AvgIpc) is 2.75. The first-order chi connectivity index (χ1) is 9.61. The summed E-state index contributed by atoms with van der Waals surface area (Å²) >= 11 is 3.47. The number of benzene rings is 1. The summed E-state index contributed by atoms with van der Waals surface area (Å²) in [7, 11) is 0. The lowest BCUT2D eigenvalue weighted by atomic mass is 9.82. The number of amides is 1. The third kappa shape index (κ3) is 3.70. The molecule has 1 amide bonds. The van der Waals surface area contributed by atoms with Gasteiger partial charge in [-0.1, -0.05) is 13.0 Å². The molecule has 1 aromatic carbocycles. The molecule has 0 saturated carbocycles. The number of likely N-dealkylation sites (tertiary alicyclic amines) is 1. The Morgan fingerprint density at radius 1 is 1.43 bits per heavy atom. The van der Waals surface area contributed by atoms with Crippen molar-refractivity contribution in [2.75, 3.05) is 18.8 Å². The van der Waals surface area contributed by atoms with Gasteiger partial charge in [-0.2, -0.15) is 0 Å². The number of carbonyl (C=O) groups is 1. The van der Waals surface area contributed by atoms with Crippen molar-refractivity contribution < 1.29 is 9.53 Å². The maximum absolute atomic E-state index is 12.2. The second kappa shape index (κ2) is 5.52. The minimum Gasteiger partial charge on any atom is -0.444 e. The molecule has 2 N–H and O–H groups in total. The SMILES string of the molecule is CC(C)(C)OC(=O)N1CCC(C)(c2ccc(N)c(Br)c2)C1. The summed E-state index contributed by atoms with van der Waals surface area (Å²) in [4.78, 5) is 14.0. The first-order valence-electron chi connectivity index (χ1n) is 7.14. The van der Waals surface area contributed by atoms with Crippen LogP contribution in [0.4, 0.5) is 10.5 Å². The van der Waals surface area contributed by atoms with Gasteiger partial charge >= 0.3 is 6.09 Å². The number of anilines is 1. The van der Waals surface area contributed by atoms with E-state index in [4.69, 9.17) is 10.5 Å².